The fourth-order valence-electron chi connectivity index (χ4n) is 2.58. The number of fused-ring (bicyclic) bond motifs is 1. The standard InChI is InChI=1S/C18H22F2O.CH3F/c1-2-3-4-5-6-7-14-10-15-8-9-16(21-13-19)12-17(15)18(20)11-14;1-2/h8-12H,2-7,13H2,1H3;1H3. The number of hydrogen-bond donors (Lipinski definition) is 0. The van der Waals surface area contributed by atoms with E-state index in [0.717, 1.165) is 23.8 Å². The zero-order valence-electron chi connectivity index (χ0n) is 13.9. The fraction of sp³-hybridized carbons (Fsp3) is 0.474. The molecule has 0 fully saturated rings. The number of unbranched alkanes of at least 4 members (excludes halogenated alkanes) is 4. The SMILES string of the molecule is CCCCCCCc1cc(F)c2cc(OCF)ccc2c1.CF. The Bertz CT molecular complexity index is 584. The number of hydrogen-bond acceptors (Lipinski definition) is 1. The molecule has 0 aliphatic carbocycles. The second kappa shape index (κ2) is 10.9. The van der Waals surface area contributed by atoms with Crippen LogP contribution in [0.4, 0.5) is 13.2 Å². The maximum absolute atomic E-state index is 14.1. The topological polar surface area (TPSA) is 9.23 Å². The van der Waals surface area contributed by atoms with E-state index in [-0.39, 0.29) is 5.82 Å². The van der Waals surface area contributed by atoms with E-state index in [4.69, 9.17) is 4.74 Å². The number of ether oxygens (including phenoxy) is 1. The first kappa shape index (κ1) is 19.3. The second-order valence-electron chi connectivity index (χ2n) is 5.38. The van der Waals surface area contributed by atoms with Crippen molar-refractivity contribution in [2.24, 2.45) is 0 Å². The zero-order chi connectivity index (χ0) is 17.1. The maximum Gasteiger partial charge on any atom is 0.228 e. The van der Waals surface area contributed by atoms with Crippen LogP contribution in [0, 0.1) is 5.82 Å². The van der Waals surface area contributed by atoms with Gasteiger partial charge in [0.15, 0.2) is 0 Å². The molecule has 4 heteroatoms. The molecular weight excluding hydrogens is 301 g/mol. The summed E-state index contributed by atoms with van der Waals surface area (Å²) in [5.41, 5.74) is 1.02. The van der Waals surface area contributed by atoms with Gasteiger partial charge in [0, 0.05) is 5.39 Å². The van der Waals surface area contributed by atoms with Crippen LogP contribution in [0.1, 0.15) is 44.6 Å². The monoisotopic (exact) mass is 326 g/mol. The summed E-state index contributed by atoms with van der Waals surface area (Å²) in [6.45, 7) is 1.29. The minimum Gasteiger partial charge on any atom is -0.463 e. The van der Waals surface area contributed by atoms with Crippen LogP contribution in [-0.2, 0) is 6.42 Å². The number of alkyl halides is 2. The summed E-state index contributed by atoms with van der Waals surface area (Å²) in [6.07, 6.45) is 6.93. The van der Waals surface area contributed by atoms with Crippen molar-refractivity contribution in [3.05, 3.63) is 41.7 Å². The number of aryl methyl sites for hydroxylation is 1. The van der Waals surface area contributed by atoms with E-state index in [9.17, 15) is 13.2 Å². The summed E-state index contributed by atoms with van der Waals surface area (Å²) >= 11 is 0. The van der Waals surface area contributed by atoms with Gasteiger partial charge in [0.2, 0.25) is 6.86 Å². The Kier molecular flexibility index (Phi) is 9.18. The summed E-state index contributed by atoms with van der Waals surface area (Å²) in [7, 11) is 0.500. The molecule has 0 aliphatic heterocycles. The second-order valence-corrected chi connectivity index (χ2v) is 5.38. The molecule has 2 aromatic carbocycles. The van der Waals surface area contributed by atoms with Crippen LogP contribution in [0.2, 0.25) is 0 Å². The van der Waals surface area contributed by atoms with E-state index in [2.05, 4.69) is 6.92 Å². The van der Waals surface area contributed by atoms with E-state index < -0.39 is 6.86 Å². The van der Waals surface area contributed by atoms with Gasteiger partial charge in [0.25, 0.3) is 0 Å². The minimum atomic E-state index is -0.900. The Balaban J connectivity index is 0.00000127. The van der Waals surface area contributed by atoms with Crippen LogP contribution in [0.3, 0.4) is 0 Å². The van der Waals surface area contributed by atoms with Gasteiger partial charge in [0.1, 0.15) is 11.6 Å². The van der Waals surface area contributed by atoms with Crippen molar-refractivity contribution in [1.29, 1.82) is 0 Å². The van der Waals surface area contributed by atoms with Gasteiger partial charge in [-0.25, -0.2) is 8.78 Å². The van der Waals surface area contributed by atoms with Gasteiger partial charge in [-0.15, -0.1) is 0 Å². The quantitative estimate of drug-likeness (QED) is 0.511. The van der Waals surface area contributed by atoms with E-state index in [0.29, 0.717) is 18.3 Å². The number of rotatable bonds is 8. The van der Waals surface area contributed by atoms with Crippen molar-refractivity contribution in [1.82, 2.24) is 0 Å². The number of benzene rings is 2. The maximum atomic E-state index is 14.1. The van der Waals surface area contributed by atoms with Gasteiger partial charge in [-0.3, -0.25) is 4.39 Å². The molecule has 2 aromatic rings. The average molecular weight is 326 g/mol. The molecule has 0 atom stereocenters. The average Bonchev–Trinajstić information content (AvgIpc) is 2.57. The highest BCUT2D eigenvalue weighted by Crippen LogP contribution is 2.25. The lowest BCUT2D eigenvalue weighted by atomic mass is 10.0. The largest absolute Gasteiger partial charge is 0.463 e. The van der Waals surface area contributed by atoms with Gasteiger partial charge in [-0.1, -0.05) is 44.7 Å². The first-order valence-electron chi connectivity index (χ1n) is 8.03. The summed E-state index contributed by atoms with van der Waals surface area (Å²) in [5.74, 6) is 0.0941. The third-order valence-electron chi connectivity index (χ3n) is 3.73. The van der Waals surface area contributed by atoms with Crippen LogP contribution in [0.5, 0.6) is 5.75 Å². The minimum absolute atomic E-state index is 0.264. The molecular formula is C19H25F3O. The Morgan fingerprint density at radius 3 is 2.39 bits per heavy atom. The van der Waals surface area contributed by atoms with Gasteiger partial charge < -0.3 is 4.74 Å². The van der Waals surface area contributed by atoms with Crippen LogP contribution in [0.15, 0.2) is 30.3 Å². The molecule has 0 radical (unpaired) electrons. The molecule has 0 aromatic heterocycles. The van der Waals surface area contributed by atoms with Crippen molar-refractivity contribution < 1.29 is 17.9 Å². The molecule has 0 spiro atoms. The molecule has 0 heterocycles. The highest BCUT2D eigenvalue weighted by molar-refractivity contribution is 5.85. The molecule has 0 unspecified atom stereocenters. The third-order valence-corrected chi connectivity index (χ3v) is 3.73. The van der Waals surface area contributed by atoms with Gasteiger partial charge in [0.05, 0.1) is 7.18 Å². The van der Waals surface area contributed by atoms with E-state index >= 15 is 0 Å². The lowest BCUT2D eigenvalue weighted by molar-refractivity contribution is 0.192. The lowest BCUT2D eigenvalue weighted by Gasteiger charge is -2.08. The first-order chi connectivity index (χ1) is 11.2. The van der Waals surface area contributed by atoms with Crippen molar-refractivity contribution in [2.75, 3.05) is 14.0 Å². The molecule has 23 heavy (non-hydrogen) atoms. The highest BCUT2D eigenvalue weighted by atomic mass is 19.1. The van der Waals surface area contributed by atoms with Crippen molar-refractivity contribution in [3.63, 3.8) is 0 Å². The normalized spacial score (nSPS) is 10.3. The molecule has 0 N–H and O–H groups in total. The van der Waals surface area contributed by atoms with Crippen LogP contribution < -0.4 is 4.74 Å². The van der Waals surface area contributed by atoms with Crippen molar-refractivity contribution in [2.45, 2.75) is 45.4 Å². The van der Waals surface area contributed by atoms with Gasteiger partial charge in [-0.2, -0.15) is 0 Å². The Labute approximate surface area is 136 Å². The summed E-state index contributed by atoms with van der Waals surface area (Å²) < 4.78 is 40.6. The van der Waals surface area contributed by atoms with Crippen molar-refractivity contribution in [3.8, 4) is 5.75 Å². The van der Waals surface area contributed by atoms with Crippen LogP contribution >= 0.6 is 0 Å². The molecule has 0 saturated carbocycles. The lowest BCUT2D eigenvalue weighted by Crippen LogP contribution is -1.92. The Morgan fingerprint density at radius 2 is 1.70 bits per heavy atom. The molecule has 128 valence electrons. The van der Waals surface area contributed by atoms with Crippen molar-refractivity contribution >= 4 is 10.8 Å². The molecule has 0 amide bonds. The molecule has 0 aliphatic rings. The van der Waals surface area contributed by atoms with E-state index in [1.165, 1.54) is 25.7 Å². The molecule has 1 nitrogen and oxygen atoms in total. The fourth-order valence-corrected chi connectivity index (χ4v) is 2.58. The predicted octanol–water partition coefficient (Wildman–Crippen LogP) is 6.38. The number of halogens is 3. The summed E-state index contributed by atoms with van der Waals surface area (Å²) in [6, 6.07) is 8.60. The zero-order valence-corrected chi connectivity index (χ0v) is 13.9. The van der Waals surface area contributed by atoms with Crippen LogP contribution in [-0.4, -0.2) is 14.0 Å². The summed E-state index contributed by atoms with van der Waals surface area (Å²) in [5, 5.41) is 1.32. The third kappa shape index (κ3) is 6.12. The van der Waals surface area contributed by atoms with E-state index in [1.54, 1.807) is 24.3 Å². The van der Waals surface area contributed by atoms with Gasteiger partial charge >= 0.3 is 0 Å². The molecule has 0 saturated heterocycles. The Morgan fingerprint density at radius 1 is 0.957 bits per heavy atom. The predicted molar refractivity (Wildman–Crippen MR) is 90.0 cm³/mol. The molecule has 2 rings (SSSR count). The highest BCUT2D eigenvalue weighted by Gasteiger charge is 2.06. The first-order valence-corrected chi connectivity index (χ1v) is 8.03. The smallest absolute Gasteiger partial charge is 0.228 e. The van der Waals surface area contributed by atoms with Crippen LogP contribution in [0.25, 0.3) is 10.8 Å². The summed E-state index contributed by atoms with van der Waals surface area (Å²) in [4.78, 5) is 0. The van der Waals surface area contributed by atoms with E-state index in [1.807, 2.05) is 6.07 Å². The van der Waals surface area contributed by atoms with Gasteiger partial charge in [-0.05, 0) is 42.0 Å². The Hall–Kier alpha value is -1.71. The molecule has 0 bridgehead atoms.